The number of sulfonamides is 1. The number of halogens is 2. The fourth-order valence-corrected chi connectivity index (χ4v) is 5.44. The normalized spacial score (nSPS) is 21.6. The van der Waals surface area contributed by atoms with Crippen molar-refractivity contribution in [3.8, 4) is 0 Å². The van der Waals surface area contributed by atoms with E-state index >= 15 is 0 Å². The van der Waals surface area contributed by atoms with E-state index in [0.29, 0.717) is 11.8 Å². The minimum Gasteiger partial charge on any atom is -0.465 e. The number of carbonyl (C=O) groups excluding carboxylic acids is 1. The lowest BCUT2D eigenvalue weighted by atomic mass is 10.2. The van der Waals surface area contributed by atoms with Gasteiger partial charge in [0.1, 0.15) is 17.7 Å². The Kier molecular flexibility index (Phi) is 5.99. The summed E-state index contributed by atoms with van der Waals surface area (Å²) in [6.45, 7) is 1.41. The van der Waals surface area contributed by atoms with Gasteiger partial charge in [0, 0.05) is 29.7 Å². The molecule has 0 N–H and O–H groups in total. The molecule has 0 bridgehead atoms. The van der Waals surface area contributed by atoms with Crippen LogP contribution in [0.25, 0.3) is 0 Å². The second kappa shape index (κ2) is 7.59. The molecular weight excluding hydrogens is 348 g/mol. The van der Waals surface area contributed by atoms with Crippen LogP contribution in [0.3, 0.4) is 0 Å². The number of carbonyl (C=O) groups is 1. The highest BCUT2D eigenvalue weighted by Crippen LogP contribution is 2.24. The Labute approximate surface area is 138 Å². The van der Waals surface area contributed by atoms with Crippen LogP contribution in [0.2, 0.25) is 0 Å². The average Bonchev–Trinajstić information content (AvgIpc) is 2.61. The zero-order valence-electron chi connectivity index (χ0n) is 12.5. The summed E-state index contributed by atoms with van der Waals surface area (Å²) in [4.78, 5) is 12.1. The maximum atomic E-state index is 13.9. The number of nitrogens with zero attached hydrogens (tertiary/aromatic N) is 1. The Morgan fingerprint density at radius 1 is 1.43 bits per heavy atom. The van der Waals surface area contributed by atoms with Gasteiger partial charge in [0.05, 0.1) is 12.4 Å². The maximum Gasteiger partial charge on any atom is 0.325 e. The van der Waals surface area contributed by atoms with Crippen molar-refractivity contribution in [2.45, 2.75) is 19.5 Å². The molecule has 1 aliphatic heterocycles. The number of benzene rings is 1. The van der Waals surface area contributed by atoms with Crippen molar-refractivity contribution in [2.24, 2.45) is 0 Å². The highest BCUT2D eigenvalue weighted by Gasteiger charge is 2.38. The van der Waals surface area contributed by atoms with Crippen LogP contribution in [0.5, 0.6) is 0 Å². The predicted molar refractivity (Wildman–Crippen MR) is 83.4 cm³/mol. The van der Waals surface area contributed by atoms with E-state index in [9.17, 15) is 22.0 Å². The molecule has 2 rings (SSSR count). The number of ether oxygens (including phenoxy) is 1. The number of rotatable bonds is 4. The zero-order chi connectivity index (χ0) is 17.0. The van der Waals surface area contributed by atoms with Gasteiger partial charge >= 0.3 is 5.97 Å². The van der Waals surface area contributed by atoms with E-state index in [4.69, 9.17) is 4.74 Å². The summed E-state index contributed by atoms with van der Waals surface area (Å²) < 4.78 is 57.6. The Bertz CT molecular complexity index is 681. The van der Waals surface area contributed by atoms with Gasteiger partial charge in [0.25, 0.3) is 0 Å². The van der Waals surface area contributed by atoms with Crippen LogP contribution in [0, 0.1) is 11.6 Å². The molecule has 1 heterocycles. The summed E-state index contributed by atoms with van der Waals surface area (Å²) in [6, 6.07) is 1.91. The third-order valence-corrected chi connectivity index (χ3v) is 6.49. The zero-order valence-corrected chi connectivity index (χ0v) is 14.1. The summed E-state index contributed by atoms with van der Waals surface area (Å²) in [5.74, 6) is -1.81. The van der Waals surface area contributed by atoms with Gasteiger partial charge in [-0.2, -0.15) is 16.1 Å². The topological polar surface area (TPSA) is 63.7 Å². The van der Waals surface area contributed by atoms with Crippen LogP contribution in [0.1, 0.15) is 12.5 Å². The van der Waals surface area contributed by atoms with Gasteiger partial charge in [-0.25, -0.2) is 17.2 Å². The Hall–Kier alpha value is -1.19. The van der Waals surface area contributed by atoms with Crippen molar-refractivity contribution in [3.63, 3.8) is 0 Å². The van der Waals surface area contributed by atoms with Gasteiger partial charge in [0.15, 0.2) is 0 Å². The summed E-state index contributed by atoms with van der Waals surface area (Å²) in [5, 5.41) is 0. The minimum atomic E-state index is -3.75. The average molecular weight is 365 g/mol. The van der Waals surface area contributed by atoms with E-state index in [-0.39, 0.29) is 30.2 Å². The summed E-state index contributed by atoms with van der Waals surface area (Å²) in [6.07, 6.45) is 0. The van der Waals surface area contributed by atoms with Gasteiger partial charge in [-0.3, -0.25) is 4.79 Å². The lowest BCUT2D eigenvalue weighted by Crippen LogP contribution is -2.46. The molecule has 0 spiro atoms. The van der Waals surface area contributed by atoms with Gasteiger partial charge in [0.2, 0.25) is 10.0 Å². The number of thioether (sulfide) groups is 1. The van der Waals surface area contributed by atoms with Gasteiger partial charge < -0.3 is 4.74 Å². The highest BCUT2D eigenvalue weighted by molar-refractivity contribution is 8.00. The molecule has 0 amide bonds. The van der Waals surface area contributed by atoms with Crippen molar-refractivity contribution < 1.29 is 26.7 Å². The van der Waals surface area contributed by atoms with Crippen molar-refractivity contribution in [2.75, 3.05) is 23.9 Å². The van der Waals surface area contributed by atoms with Crippen molar-refractivity contribution in [3.05, 3.63) is 35.4 Å². The lowest BCUT2D eigenvalue weighted by Gasteiger charge is -2.27. The molecule has 1 aromatic carbocycles. The molecule has 1 unspecified atom stereocenters. The molecule has 1 atom stereocenters. The van der Waals surface area contributed by atoms with E-state index in [2.05, 4.69) is 0 Å². The van der Waals surface area contributed by atoms with Gasteiger partial charge in [-0.05, 0) is 13.0 Å². The third-order valence-electron chi connectivity index (χ3n) is 3.37. The standard InChI is InChI=1S/C14H17F2NO4S2/c1-2-21-14(18)13-9-22-5-6-23(19,20)17(13)8-10-3-4-11(15)7-12(10)16/h3-4,7,13H,2,5-6,8-9H2,1H3. The molecule has 128 valence electrons. The van der Waals surface area contributed by atoms with E-state index in [1.165, 1.54) is 17.8 Å². The van der Waals surface area contributed by atoms with Gasteiger partial charge in [-0.1, -0.05) is 6.07 Å². The van der Waals surface area contributed by atoms with E-state index in [0.717, 1.165) is 10.4 Å². The molecule has 1 aliphatic rings. The lowest BCUT2D eigenvalue weighted by molar-refractivity contribution is -0.147. The van der Waals surface area contributed by atoms with Gasteiger partial charge in [-0.15, -0.1) is 0 Å². The first-order chi connectivity index (χ1) is 10.8. The molecule has 1 saturated heterocycles. The van der Waals surface area contributed by atoms with Crippen LogP contribution in [0.15, 0.2) is 18.2 Å². The van der Waals surface area contributed by atoms with E-state index in [1.54, 1.807) is 6.92 Å². The fourth-order valence-electron chi connectivity index (χ4n) is 2.20. The van der Waals surface area contributed by atoms with Crippen molar-refractivity contribution in [1.29, 1.82) is 0 Å². The monoisotopic (exact) mass is 365 g/mol. The summed E-state index contributed by atoms with van der Waals surface area (Å²) >= 11 is 1.33. The SMILES string of the molecule is CCOC(=O)C1CSCCS(=O)(=O)N1Cc1ccc(F)cc1F. The third kappa shape index (κ3) is 4.42. The van der Waals surface area contributed by atoms with E-state index < -0.39 is 33.7 Å². The molecule has 0 saturated carbocycles. The Morgan fingerprint density at radius 2 is 2.17 bits per heavy atom. The second-order valence-corrected chi connectivity index (χ2v) is 8.13. The quantitative estimate of drug-likeness (QED) is 0.761. The molecule has 5 nitrogen and oxygen atoms in total. The molecule has 23 heavy (non-hydrogen) atoms. The first-order valence-corrected chi connectivity index (χ1v) is 9.79. The van der Waals surface area contributed by atoms with Crippen molar-refractivity contribution in [1.82, 2.24) is 4.31 Å². The second-order valence-electron chi connectivity index (χ2n) is 4.94. The first-order valence-electron chi connectivity index (χ1n) is 7.03. The molecule has 1 fully saturated rings. The van der Waals surface area contributed by atoms with E-state index in [1.807, 2.05) is 0 Å². The highest BCUT2D eigenvalue weighted by atomic mass is 32.2. The predicted octanol–water partition coefficient (Wildman–Crippen LogP) is 1.78. The number of hydrogen-bond acceptors (Lipinski definition) is 5. The molecule has 0 radical (unpaired) electrons. The Morgan fingerprint density at radius 3 is 2.83 bits per heavy atom. The van der Waals surface area contributed by atoms with Crippen LogP contribution in [0.4, 0.5) is 8.78 Å². The molecular formula is C14H17F2NO4S2. The molecule has 9 heteroatoms. The van der Waals surface area contributed by atoms with Crippen LogP contribution in [-0.4, -0.2) is 48.6 Å². The molecule has 0 aromatic heterocycles. The van der Waals surface area contributed by atoms with Crippen LogP contribution >= 0.6 is 11.8 Å². The van der Waals surface area contributed by atoms with Crippen LogP contribution < -0.4 is 0 Å². The number of hydrogen-bond donors (Lipinski definition) is 0. The molecule has 0 aliphatic carbocycles. The smallest absolute Gasteiger partial charge is 0.325 e. The first kappa shape index (κ1) is 18.2. The summed E-state index contributed by atoms with van der Waals surface area (Å²) in [5.41, 5.74) is 0.0103. The Balaban J connectivity index is 2.35. The maximum absolute atomic E-state index is 13.9. The largest absolute Gasteiger partial charge is 0.465 e. The number of esters is 1. The fraction of sp³-hybridized carbons (Fsp3) is 0.500. The minimum absolute atomic E-state index is 0.0103. The molecule has 1 aromatic rings. The van der Waals surface area contributed by atoms with Crippen LogP contribution in [-0.2, 0) is 26.1 Å². The van der Waals surface area contributed by atoms with Crippen molar-refractivity contribution >= 4 is 27.8 Å². The summed E-state index contributed by atoms with van der Waals surface area (Å²) in [7, 11) is -3.75.